The summed E-state index contributed by atoms with van der Waals surface area (Å²) in [6.07, 6.45) is 4.26. The van der Waals surface area contributed by atoms with E-state index >= 15 is 0 Å². The van der Waals surface area contributed by atoms with E-state index in [-0.39, 0.29) is 17.7 Å². The first-order valence-corrected chi connectivity index (χ1v) is 13.8. The summed E-state index contributed by atoms with van der Waals surface area (Å²) in [5.41, 5.74) is 2.31. The van der Waals surface area contributed by atoms with Crippen molar-refractivity contribution >= 4 is 29.3 Å². The molecule has 5 rings (SSSR count). The Balaban J connectivity index is 1.39. The molecule has 1 fully saturated rings. The van der Waals surface area contributed by atoms with Gasteiger partial charge in [-0.05, 0) is 55.5 Å². The van der Waals surface area contributed by atoms with Crippen LogP contribution in [0.3, 0.4) is 0 Å². The highest BCUT2D eigenvalue weighted by Crippen LogP contribution is 2.36. The Kier molecular flexibility index (Phi) is 7.97. The molecule has 39 heavy (non-hydrogen) atoms. The maximum absolute atomic E-state index is 14.0. The lowest BCUT2D eigenvalue weighted by Crippen LogP contribution is -2.56. The largest absolute Gasteiger partial charge is 0.354 e. The molecular formula is C29H33ClN6O3. The number of aryl methyl sites for hydroxylation is 2. The molecule has 10 heteroatoms. The monoisotopic (exact) mass is 548 g/mol. The van der Waals surface area contributed by atoms with Gasteiger partial charge in [0.15, 0.2) is 0 Å². The van der Waals surface area contributed by atoms with Crippen molar-refractivity contribution in [3.8, 4) is 0 Å². The molecule has 9 nitrogen and oxygen atoms in total. The van der Waals surface area contributed by atoms with Crippen LogP contribution >= 0.6 is 11.6 Å². The minimum absolute atomic E-state index is 0.0728. The number of carbonyl (C=O) groups excluding carboxylic acids is 3. The summed E-state index contributed by atoms with van der Waals surface area (Å²) >= 11 is 6.09. The molecule has 1 saturated heterocycles. The third kappa shape index (κ3) is 6.14. The molecule has 204 valence electrons. The lowest BCUT2D eigenvalue weighted by molar-refractivity contribution is -0.137. The number of aromatic nitrogens is 3. The molecule has 0 radical (unpaired) electrons. The maximum Gasteiger partial charge on any atom is 0.254 e. The van der Waals surface area contributed by atoms with Crippen molar-refractivity contribution in [1.29, 1.82) is 0 Å². The number of hydrogen-bond donors (Lipinski definition) is 2. The van der Waals surface area contributed by atoms with Crippen LogP contribution in [-0.2, 0) is 29.0 Å². The zero-order chi connectivity index (χ0) is 27.4. The van der Waals surface area contributed by atoms with Gasteiger partial charge in [0.25, 0.3) is 5.91 Å². The predicted molar refractivity (Wildman–Crippen MR) is 147 cm³/mol. The number of likely N-dealkylation sites (tertiary alicyclic amines) is 1. The van der Waals surface area contributed by atoms with Crippen molar-refractivity contribution in [2.45, 2.75) is 51.6 Å². The Morgan fingerprint density at radius 2 is 1.87 bits per heavy atom. The van der Waals surface area contributed by atoms with Gasteiger partial charge in [0.05, 0.1) is 11.1 Å². The van der Waals surface area contributed by atoms with Gasteiger partial charge in [-0.2, -0.15) is 0 Å². The topological polar surface area (TPSA) is 109 Å². The lowest BCUT2D eigenvalue weighted by Gasteiger charge is -2.41. The smallest absolute Gasteiger partial charge is 0.254 e. The standard InChI is InChI=1S/C29H33ClN6O3/c1-20-16-22(30)8-9-24(20)27(38)35-14-10-29(11-15-35)18-23-19-36(34-33-23)13-5-12-31-26(37)25(32-28(29)39)17-21-6-3-2-4-7-21/h2-4,6-9,16,19,25H,5,10-15,17-18H2,1H3,(H,31,37)(H,32,39)/t25-/m0/s1. The van der Waals surface area contributed by atoms with Crippen LogP contribution in [0.4, 0.5) is 0 Å². The highest BCUT2D eigenvalue weighted by atomic mass is 35.5. The van der Waals surface area contributed by atoms with Gasteiger partial charge in [0.1, 0.15) is 6.04 Å². The highest BCUT2D eigenvalue weighted by Gasteiger charge is 2.44. The summed E-state index contributed by atoms with van der Waals surface area (Å²) in [7, 11) is 0. The Hall–Kier alpha value is -3.72. The minimum atomic E-state index is -0.823. The summed E-state index contributed by atoms with van der Waals surface area (Å²) < 4.78 is 1.76. The number of fused-ring (bicyclic) bond motifs is 2. The number of nitrogens with one attached hydrogen (secondary N) is 2. The fraction of sp³-hybridized carbons (Fsp3) is 0.414. The molecule has 2 aliphatic heterocycles. The van der Waals surface area contributed by atoms with Crippen LogP contribution in [-0.4, -0.2) is 63.3 Å². The van der Waals surface area contributed by atoms with Gasteiger partial charge >= 0.3 is 0 Å². The average molecular weight is 549 g/mol. The van der Waals surface area contributed by atoms with Crippen LogP contribution in [0.1, 0.15) is 46.4 Å². The first-order chi connectivity index (χ1) is 18.8. The van der Waals surface area contributed by atoms with Crippen LogP contribution in [0.25, 0.3) is 0 Å². The van der Waals surface area contributed by atoms with Gasteiger partial charge < -0.3 is 15.5 Å². The number of halogens is 1. The van der Waals surface area contributed by atoms with Crippen molar-refractivity contribution < 1.29 is 14.4 Å². The molecule has 2 aliphatic rings. The van der Waals surface area contributed by atoms with Gasteiger partial charge in [0.2, 0.25) is 11.8 Å². The summed E-state index contributed by atoms with van der Waals surface area (Å²) in [5.74, 6) is -0.468. The van der Waals surface area contributed by atoms with Crippen molar-refractivity contribution in [3.05, 3.63) is 82.1 Å². The summed E-state index contributed by atoms with van der Waals surface area (Å²) in [6, 6.07) is 14.2. The normalized spacial score (nSPS) is 19.8. The maximum atomic E-state index is 14.0. The molecule has 3 aromatic rings. The van der Waals surface area contributed by atoms with E-state index in [9.17, 15) is 14.4 Å². The van der Waals surface area contributed by atoms with E-state index in [2.05, 4.69) is 20.9 Å². The SMILES string of the molecule is Cc1cc(Cl)ccc1C(=O)N1CCC2(CC1)Cc1cn(nn1)CCCNC(=O)[C@H](Cc1ccccc1)NC2=O. The van der Waals surface area contributed by atoms with Gasteiger partial charge in [-0.1, -0.05) is 47.1 Å². The van der Waals surface area contributed by atoms with Crippen LogP contribution in [0.15, 0.2) is 54.7 Å². The van der Waals surface area contributed by atoms with Crippen LogP contribution in [0.2, 0.25) is 5.02 Å². The number of amides is 3. The quantitative estimate of drug-likeness (QED) is 0.523. The molecule has 3 amide bonds. The molecule has 3 heterocycles. The molecule has 0 saturated carbocycles. The summed E-state index contributed by atoms with van der Waals surface area (Å²) in [6.45, 7) is 3.79. The average Bonchev–Trinajstić information content (AvgIpc) is 3.37. The second kappa shape index (κ2) is 11.6. The summed E-state index contributed by atoms with van der Waals surface area (Å²) in [5, 5.41) is 15.2. The predicted octanol–water partition coefficient (Wildman–Crippen LogP) is 2.95. The van der Waals surface area contributed by atoms with E-state index in [0.717, 1.165) is 16.8 Å². The van der Waals surface area contributed by atoms with E-state index in [1.54, 1.807) is 27.8 Å². The first kappa shape index (κ1) is 26.9. The number of nitrogens with zero attached hydrogens (tertiary/aromatic N) is 4. The zero-order valence-corrected chi connectivity index (χ0v) is 22.8. The molecule has 2 aromatic carbocycles. The second-order valence-electron chi connectivity index (χ2n) is 10.5. The summed E-state index contributed by atoms with van der Waals surface area (Å²) in [4.78, 5) is 42.4. The van der Waals surface area contributed by atoms with Crippen LogP contribution in [0, 0.1) is 12.3 Å². The van der Waals surface area contributed by atoms with E-state index in [1.807, 2.05) is 43.5 Å². The minimum Gasteiger partial charge on any atom is -0.354 e. The molecule has 2 N–H and O–H groups in total. The Morgan fingerprint density at radius 1 is 1.10 bits per heavy atom. The Morgan fingerprint density at radius 3 is 2.62 bits per heavy atom. The van der Waals surface area contributed by atoms with Crippen molar-refractivity contribution in [2.75, 3.05) is 19.6 Å². The van der Waals surface area contributed by atoms with Gasteiger partial charge in [0, 0.05) is 55.8 Å². The number of hydrogen-bond acceptors (Lipinski definition) is 5. The molecule has 1 spiro atoms. The zero-order valence-electron chi connectivity index (χ0n) is 22.0. The van der Waals surface area contributed by atoms with Gasteiger partial charge in [-0.3, -0.25) is 19.1 Å². The molecule has 1 atom stereocenters. The third-order valence-electron chi connectivity index (χ3n) is 7.78. The molecular weight excluding hydrogens is 516 g/mol. The van der Waals surface area contributed by atoms with Crippen molar-refractivity contribution in [3.63, 3.8) is 0 Å². The van der Waals surface area contributed by atoms with Crippen molar-refractivity contribution in [1.82, 2.24) is 30.5 Å². The van der Waals surface area contributed by atoms with E-state index in [0.29, 0.717) is 68.9 Å². The van der Waals surface area contributed by atoms with Gasteiger partial charge in [-0.25, -0.2) is 0 Å². The van der Waals surface area contributed by atoms with Crippen LogP contribution in [0.5, 0.6) is 0 Å². The second-order valence-corrected chi connectivity index (χ2v) is 11.0. The third-order valence-corrected chi connectivity index (χ3v) is 8.02. The number of piperidine rings is 1. The fourth-order valence-corrected chi connectivity index (χ4v) is 5.71. The Labute approximate surface area is 232 Å². The Bertz CT molecular complexity index is 1350. The van der Waals surface area contributed by atoms with Crippen LogP contribution < -0.4 is 10.6 Å². The van der Waals surface area contributed by atoms with Crippen molar-refractivity contribution in [2.24, 2.45) is 5.41 Å². The van der Waals surface area contributed by atoms with E-state index in [1.165, 1.54) is 0 Å². The lowest BCUT2D eigenvalue weighted by atomic mass is 9.73. The van der Waals surface area contributed by atoms with E-state index < -0.39 is 11.5 Å². The van der Waals surface area contributed by atoms with E-state index in [4.69, 9.17) is 11.6 Å². The molecule has 0 unspecified atom stereocenters. The number of carbonyl (C=O) groups is 3. The number of rotatable bonds is 3. The molecule has 0 aliphatic carbocycles. The van der Waals surface area contributed by atoms with Gasteiger partial charge in [-0.15, -0.1) is 5.10 Å². The first-order valence-electron chi connectivity index (χ1n) is 13.4. The fourth-order valence-electron chi connectivity index (χ4n) is 5.48. The molecule has 2 bridgehead atoms. The number of benzene rings is 2. The molecule has 1 aromatic heterocycles. The highest BCUT2D eigenvalue weighted by molar-refractivity contribution is 6.30.